The summed E-state index contributed by atoms with van der Waals surface area (Å²) in [5.41, 5.74) is 0. The Balaban J connectivity index is 0. The second kappa shape index (κ2) is 26.0. The first-order valence-corrected chi connectivity index (χ1v) is 0. The first-order chi connectivity index (χ1) is 0. The first kappa shape index (κ1) is 39.4. The Hall–Kier alpha value is 3.45. The molecule has 0 aliphatic rings. The van der Waals surface area contributed by atoms with Crippen LogP contribution in [-0.4, -0.2) is 112 Å². The SMILES string of the molecule is N.[Al].[Ca].[Si].[Sr]. The molecule has 0 aliphatic heterocycles. The maximum absolute atomic E-state index is 0. The standard InChI is InChI=1S/Al.Ca.H3N.Si.Sr/h;;1H3;;. The van der Waals surface area contributed by atoms with Crippen molar-refractivity contribution in [2.75, 3.05) is 0 Å². The fourth-order valence-corrected chi connectivity index (χ4v) is 0. The molecule has 0 atom stereocenters. The van der Waals surface area contributed by atoms with Crippen molar-refractivity contribution in [3.05, 3.63) is 0 Å². The van der Waals surface area contributed by atoms with Crippen LogP contribution in [0.5, 0.6) is 0 Å². The van der Waals surface area contributed by atoms with Gasteiger partial charge in [0.1, 0.15) is 0 Å². The van der Waals surface area contributed by atoms with E-state index < -0.39 is 0 Å². The molecule has 0 rings (SSSR count). The maximum atomic E-state index is 0. The molecule has 0 bridgehead atoms. The summed E-state index contributed by atoms with van der Waals surface area (Å²) in [6, 6.07) is 0. The van der Waals surface area contributed by atoms with E-state index in [1.807, 2.05) is 0 Å². The van der Waals surface area contributed by atoms with E-state index in [1.54, 1.807) is 0 Å². The Kier molecular flexibility index (Phi) is 205. The third-order valence-electron chi connectivity index (χ3n) is 0. The van der Waals surface area contributed by atoms with Crippen LogP contribution in [0.25, 0.3) is 0 Å². The molecule has 0 unspecified atom stereocenters. The minimum Gasteiger partial charge on any atom is -0.344 e. The summed E-state index contributed by atoms with van der Waals surface area (Å²) in [4.78, 5) is 0. The fraction of sp³-hybridized carbons (Fsp3) is 0. The van der Waals surface area contributed by atoms with Gasteiger partial charge >= 0.3 is 0 Å². The van der Waals surface area contributed by atoms with E-state index in [9.17, 15) is 0 Å². The van der Waals surface area contributed by atoms with Crippen LogP contribution in [0.1, 0.15) is 0 Å². The molecular formula is H3AlCaNSiSr. The van der Waals surface area contributed by atoms with Gasteiger partial charge in [0.25, 0.3) is 0 Å². The molecule has 0 saturated carbocycles. The topological polar surface area (TPSA) is 35.0 Å². The summed E-state index contributed by atoms with van der Waals surface area (Å²) in [5.74, 6) is 0. The molecule has 1 nitrogen and oxygen atoms in total. The summed E-state index contributed by atoms with van der Waals surface area (Å²) < 4.78 is 0. The summed E-state index contributed by atoms with van der Waals surface area (Å²) in [5, 5.41) is 0. The molecule has 0 fully saturated rings. The summed E-state index contributed by atoms with van der Waals surface area (Å²) in [6.07, 6.45) is 0. The summed E-state index contributed by atoms with van der Waals surface area (Å²) >= 11 is 0. The van der Waals surface area contributed by atoms with Crippen molar-refractivity contribution in [2.24, 2.45) is 0 Å². The largest absolute Gasteiger partial charge is 0.344 e. The Morgan fingerprint density at radius 2 is 1.00 bits per heavy atom. The molecule has 11 radical (unpaired) electrons. The van der Waals surface area contributed by atoms with Crippen LogP contribution in [0.15, 0.2) is 0 Å². The maximum Gasteiger partial charge on any atom is 0 e. The van der Waals surface area contributed by atoms with Gasteiger partial charge in [-0.1, -0.05) is 0 Å². The van der Waals surface area contributed by atoms with Crippen LogP contribution in [0.2, 0.25) is 0 Å². The molecule has 5 heavy (non-hydrogen) atoms. The molecule has 0 saturated heterocycles. The molecule has 0 spiro atoms. The third kappa shape index (κ3) is 18.6. The third-order valence-corrected chi connectivity index (χ3v) is 0. The molecule has 0 amide bonds. The average molecular weight is 200 g/mol. The number of rotatable bonds is 0. The van der Waals surface area contributed by atoms with Crippen LogP contribution in [0.4, 0.5) is 0 Å². The average Bonchev–Trinajstić information content (AvgIpc) is 0. The molecule has 0 aliphatic carbocycles. The van der Waals surface area contributed by atoms with Gasteiger partial charge in [0.2, 0.25) is 0 Å². The van der Waals surface area contributed by atoms with Gasteiger partial charge in [-0.2, -0.15) is 0 Å². The number of hydrogen-bond acceptors (Lipinski definition) is 1. The van der Waals surface area contributed by atoms with Gasteiger partial charge in [-0.15, -0.1) is 0 Å². The summed E-state index contributed by atoms with van der Waals surface area (Å²) in [7, 11) is 0. The normalized spacial score (nSPS) is 0. The van der Waals surface area contributed by atoms with Crippen LogP contribution < -0.4 is 6.15 Å². The molecule has 3 N–H and O–H groups in total. The molecule has 0 heterocycles. The fourth-order valence-electron chi connectivity index (χ4n) is 0. The van der Waals surface area contributed by atoms with Crippen molar-refractivity contribution in [3.63, 3.8) is 0 Å². The first-order valence-electron chi connectivity index (χ1n) is 0. The Morgan fingerprint density at radius 3 is 1.00 bits per heavy atom. The van der Waals surface area contributed by atoms with Crippen molar-refractivity contribution < 1.29 is 0 Å². The van der Waals surface area contributed by atoms with E-state index in [0.29, 0.717) is 0 Å². The molecule has 0 aromatic rings. The minimum atomic E-state index is 0. The molecular weight excluding hydrogens is 197 g/mol. The Labute approximate surface area is 115 Å². The van der Waals surface area contributed by atoms with Gasteiger partial charge in [0.05, 0.1) is 0 Å². The van der Waals surface area contributed by atoms with E-state index in [0.717, 1.165) is 0 Å². The van der Waals surface area contributed by atoms with Crippen LogP contribution in [-0.2, 0) is 0 Å². The zero-order chi connectivity index (χ0) is 0. The smallest absolute Gasteiger partial charge is 0 e. The van der Waals surface area contributed by atoms with Gasteiger partial charge < -0.3 is 6.15 Å². The summed E-state index contributed by atoms with van der Waals surface area (Å²) in [6.45, 7) is 0. The zero-order valence-corrected chi connectivity index (χ0v) is 11.0. The van der Waals surface area contributed by atoms with Gasteiger partial charge in [-0.3, -0.25) is 0 Å². The van der Waals surface area contributed by atoms with Crippen LogP contribution in [0, 0.1) is 0 Å². The van der Waals surface area contributed by atoms with E-state index in [-0.39, 0.29) is 118 Å². The quantitative estimate of drug-likeness (QED) is 0.481. The van der Waals surface area contributed by atoms with Crippen LogP contribution in [0.3, 0.4) is 0 Å². The van der Waals surface area contributed by atoms with Crippen molar-refractivity contribution in [3.8, 4) is 0 Å². The molecule has 5 heteroatoms. The molecule has 0 aromatic carbocycles. The van der Waals surface area contributed by atoms with E-state index in [4.69, 9.17) is 0 Å². The van der Waals surface area contributed by atoms with Gasteiger partial charge in [0, 0.05) is 112 Å². The zero-order valence-electron chi connectivity index (χ0n) is 3.20. The molecule has 0 aromatic heterocycles. The van der Waals surface area contributed by atoms with E-state index in [2.05, 4.69) is 0 Å². The Bertz CT molecular complexity index is 11.6. The predicted octanol–water partition coefficient (Wildman–Crippen LogP) is -1.36. The van der Waals surface area contributed by atoms with Crippen molar-refractivity contribution >= 4 is 112 Å². The van der Waals surface area contributed by atoms with Gasteiger partial charge in [0.15, 0.2) is 0 Å². The van der Waals surface area contributed by atoms with Crippen molar-refractivity contribution in [1.29, 1.82) is 0 Å². The van der Waals surface area contributed by atoms with E-state index >= 15 is 0 Å². The Morgan fingerprint density at radius 1 is 1.00 bits per heavy atom. The second-order valence-corrected chi connectivity index (χ2v) is 0. The van der Waals surface area contributed by atoms with Gasteiger partial charge in [-0.25, -0.2) is 0 Å². The molecule has 19 valence electrons. The second-order valence-electron chi connectivity index (χ2n) is 0. The van der Waals surface area contributed by atoms with E-state index in [1.165, 1.54) is 0 Å². The van der Waals surface area contributed by atoms with Crippen LogP contribution >= 0.6 is 0 Å². The number of hydrogen-bond donors (Lipinski definition) is 1. The van der Waals surface area contributed by atoms with Gasteiger partial charge in [-0.05, 0) is 0 Å². The predicted molar refractivity (Wildman–Crippen MR) is 28.0 cm³/mol. The minimum absolute atomic E-state index is 0. The van der Waals surface area contributed by atoms with Crippen molar-refractivity contribution in [1.82, 2.24) is 6.15 Å². The monoisotopic (exact) mass is 200 g/mol. The van der Waals surface area contributed by atoms with Crippen molar-refractivity contribution in [2.45, 2.75) is 0 Å².